The minimum Gasteiger partial charge on any atom is -0.383 e. The van der Waals surface area contributed by atoms with Gasteiger partial charge in [0.05, 0.1) is 39.0 Å². The number of pyridine rings is 2. The van der Waals surface area contributed by atoms with Gasteiger partial charge in [0.15, 0.2) is 0 Å². The summed E-state index contributed by atoms with van der Waals surface area (Å²) in [6.45, 7) is 11.3. The monoisotopic (exact) mass is 969 g/mol. The maximum absolute atomic E-state index is 6.60. The maximum Gasteiger partial charge on any atom is 0.138 e. The summed E-state index contributed by atoms with van der Waals surface area (Å²) in [5.74, 6) is 1.35. The molecule has 0 atom stereocenters. The van der Waals surface area contributed by atoms with Gasteiger partial charge in [-0.15, -0.1) is 0 Å². The zero-order valence-electron chi connectivity index (χ0n) is 42.1. The molecule has 0 unspecified atom stereocenters. The highest BCUT2D eigenvalue weighted by atomic mass is 15.1. The van der Waals surface area contributed by atoms with E-state index < -0.39 is 0 Å². The highest BCUT2D eigenvalue weighted by molar-refractivity contribution is 6.13. The van der Waals surface area contributed by atoms with Crippen LogP contribution in [0.5, 0.6) is 0 Å². The van der Waals surface area contributed by atoms with Gasteiger partial charge in [-0.1, -0.05) is 179 Å². The lowest BCUT2D eigenvalue weighted by atomic mass is 10.0. The molecule has 0 aliphatic rings. The fourth-order valence-corrected chi connectivity index (χ4v) is 10.2. The van der Waals surface area contributed by atoms with Crippen LogP contribution in [0, 0.1) is 0 Å². The number of benzene rings is 8. The molecular formula is C68H55N7. The molecule has 0 spiro atoms. The summed E-state index contributed by atoms with van der Waals surface area (Å²) >= 11 is 0. The van der Waals surface area contributed by atoms with Gasteiger partial charge in [-0.2, -0.15) is 0 Å². The first-order chi connectivity index (χ1) is 37.1. The van der Waals surface area contributed by atoms with E-state index in [-0.39, 0.29) is 0 Å². The number of aromatic nitrogens is 5. The van der Waals surface area contributed by atoms with E-state index in [1.54, 1.807) is 12.2 Å². The number of nitrogens with zero attached hydrogens (tertiary/aromatic N) is 6. The molecule has 2 N–H and O–H groups in total. The first-order valence-electron chi connectivity index (χ1n) is 25.4. The van der Waals surface area contributed by atoms with Gasteiger partial charge >= 0.3 is 0 Å². The summed E-state index contributed by atoms with van der Waals surface area (Å²) in [5.41, 5.74) is 22.4. The molecular weight excluding hydrogens is 915 g/mol. The molecule has 13 aromatic rings. The van der Waals surface area contributed by atoms with Crippen molar-refractivity contribution in [2.75, 3.05) is 0 Å². The Hall–Kier alpha value is -9.85. The van der Waals surface area contributed by atoms with Gasteiger partial charge in [0.2, 0.25) is 0 Å². The molecule has 13 rings (SSSR count). The Kier molecular flexibility index (Phi) is 13.3. The predicted octanol–water partition coefficient (Wildman–Crippen LogP) is 16.9. The summed E-state index contributed by atoms with van der Waals surface area (Å²) < 4.78 is 6.96. The van der Waals surface area contributed by atoms with Crippen LogP contribution in [0.2, 0.25) is 0 Å². The number of hydrogen-bond donors (Lipinski definition) is 1. The quantitative estimate of drug-likeness (QED) is 0.0842. The SMILES string of the molecule is C=CC=C.CC.NC(=N/C(=C\Cn1c2ccccc2c2cc(-c3ccc4c(c3)c3ccccc3n4-c3cccc(-c4ccc5c(c4)c4ncccc4n5-c4ccccc4)n3)ccc21)c1ccccc1)c1ccccc1. The smallest absolute Gasteiger partial charge is 0.138 e. The molecule has 0 radical (unpaired) electrons. The van der Waals surface area contributed by atoms with Crippen LogP contribution in [0.4, 0.5) is 0 Å². The number of hydrogen-bond acceptors (Lipinski definition) is 3. The van der Waals surface area contributed by atoms with Crippen LogP contribution in [-0.4, -0.2) is 29.5 Å². The van der Waals surface area contributed by atoms with Gasteiger partial charge in [0, 0.05) is 67.5 Å². The minimum absolute atomic E-state index is 0.484. The summed E-state index contributed by atoms with van der Waals surface area (Å²) in [6.07, 6.45) is 7.33. The zero-order chi connectivity index (χ0) is 51.3. The van der Waals surface area contributed by atoms with Gasteiger partial charge in [0.1, 0.15) is 11.7 Å². The molecule has 0 saturated carbocycles. The second-order valence-electron chi connectivity index (χ2n) is 17.9. The van der Waals surface area contributed by atoms with Crippen molar-refractivity contribution >= 4 is 77.1 Å². The van der Waals surface area contributed by atoms with Crippen molar-refractivity contribution in [3.63, 3.8) is 0 Å². The number of fused-ring (bicyclic) bond motifs is 9. The molecule has 0 bridgehead atoms. The highest BCUT2D eigenvalue weighted by Gasteiger charge is 2.18. The Labute approximate surface area is 436 Å². The van der Waals surface area contributed by atoms with Crippen LogP contribution >= 0.6 is 0 Å². The summed E-state index contributed by atoms with van der Waals surface area (Å²) in [5, 5.41) is 5.85. The van der Waals surface area contributed by atoms with Gasteiger partial charge in [0.25, 0.3) is 0 Å². The number of para-hydroxylation sites is 3. The van der Waals surface area contributed by atoms with Crippen molar-refractivity contribution in [2.45, 2.75) is 20.4 Å². The molecule has 5 heterocycles. The molecule has 5 aromatic heterocycles. The van der Waals surface area contributed by atoms with E-state index in [2.05, 4.69) is 197 Å². The van der Waals surface area contributed by atoms with E-state index in [0.29, 0.717) is 12.4 Å². The van der Waals surface area contributed by atoms with E-state index >= 15 is 0 Å². The Bertz CT molecular complexity index is 4260. The molecule has 0 aliphatic carbocycles. The van der Waals surface area contributed by atoms with Gasteiger partial charge < -0.3 is 14.9 Å². The molecule has 0 fully saturated rings. The molecule has 0 amide bonds. The van der Waals surface area contributed by atoms with Gasteiger partial charge in [-0.3, -0.25) is 9.55 Å². The van der Waals surface area contributed by atoms with Crippen molar-refractivity contribution in [3.05, 3.63) is 273 Å². The Morgan fingerprint density at radius 2 is 1.00 bits per heavy atom. The first kappa shape index (κ1) is 47.5. The number of nitrogens with two attached hydrogens (primary N) is 1. The van der Waals surface area contributed by atoms with E-state index in [1.165, 1.54) is 21.5 Å². The fraction of sp³-hybridized carbons (Fsp3) is 0.0441. The third-order valence-corrected chi connectivity index (χ3v) is 13.6. The topological polar surface area (TPSA) is 79.0 Å². The lowest BCUT2D eigenvalue weighted by Crippen LogP contribution is -2.13. The highest BCUT2D eigenvalue weighted by Crippen LogP contribution is 2.39. The lowest BCUT2D eigenvalue weighted by Gasteiger charge is -2.11. The average Bonchev–Trinajstić information content (AvgIpc) is 4.12. The second kappa shape index (κ2) is 21.1. The van der Waals surface area contributed by atoms with E-state index in [4.69, 9.17) is 20.7 Å². The number of amidine groups is 1. The van der Waals surface area contributed by atoms with Crippen LogP contribution in [0.25, 0.3) is 105 Å². The molecule has 0 aliphatic heterocycles. The number of rotatable bonds is 10. The van der Waals surface area contributed by atoms with Crippen LogP contribution in [0.1, 0.15) is 25.0 Å². The Morgan fingerprint density at radius 3 is 1.69 bits per heavy atom. The molecule has 362 valence electrons. The van der Waals surface area contributed by atoms with E-state index in [1.807, 2.05) is 80.7 Å². The molecule has 7 nitrogen and oxygen atoms in total. The number of allylic oxidation sites excluding steroid dienone is 3. The molecule has 0 saturated heterocycles. The van der Waals surface area contributed by atoms with Crippen LogP contribution < -0.4 is 5.73 Å². The van der Waals surface area contributed by atoms with Crippen molar-refractivity contribution in [3.8, 4) is 33.9 Å². The molecule has 7 heteroatoms. The van der Waals surface area contributed by atoms with Crippen LogP contribution in [-0.2, 0) is 6.54 Å². The van der Waals surface area contributed by atoms with Gasteiger partial charge in [-0.25, -0.2) is 9.98 Å². The predicted molar refractivity (Wildman–Crippen MR) is 318 cm³/mol. The summed E-state index contributed by atoms with van der Waals surface area (Å²) in [7, 11) is 0. The number of aliphatic imine (C=N–C) groups is 1. The van der Waals surface area contributed by atoms with Crippen molar-refractivity contribution in [1.82, 2.24) is 23.7 Å². The maximum atomic E-state index is 6.60. The van der Waals surface area contributed by atoms with Crippen LogP contribution in [0.3, 0.4) is 0 Å². The Balaban J connectivity index is 0.000000960. The second-order valence-corrected chi connectivity index (χ2v) is 17.9. The third-order valence-electron chi connectivity index (χ3n) is 13.6. The van der Waals surface area contributed by atoms with E-state index in [9.17, 15) is 0 Å². The largest absolute Gasteiger partial charge is 0.383 e. The summed E-state index contributed by atoms with van der Waals surface area (Å²) in [6, 6.07) is 78.8. The summed E-state index contributed by atoms with van der Waals surface area (Å²) in [4.78, 5) is 15.2. The zero-order valence-corrected chi connectivity index (χ0v) is 42.1. The standard InChI is InChI=1S/C62H43N7.C4H6.C2H6/c63-62(42-18-6-2-7-19-42)66-53(41-16-4-1-5-17-41)35-37-67-54-25-12-10-22-47(54)49-38-43(29-32-55(49)67)44-30-33-57-50(39-44)48-23-11-13-26-56(48)69(57)60-28-14-24-52(65-60)45-31-34-58-51(40-45)61-59(27-15-36-64-61)68(58)46-20-8-3-9-21-46;1-3-4-2;1-2/h1-36,38-40H,37H2,(H2,63,66);3-4H,1-2H2;1-2H3/b53-35-;;. The average molecular weight is 970 g/mol. The normalized spacial score (nSPS) is 11.7. The van der Waals surface area contributed by atoms with E-state index in [0.717, 1.165) is 94.7 Å². The van der Waals surface area contributed by atoms with Crippen molar-refractivity contribution in [1.29, 1.82) is 0 Å². The lowest BCUT2D eigenvalue weighted by molar-refractivity contribution is 0.899. The van der Waals surface area contributed by atoms with Crippen molar-refractivity contribution in [2.24, 2.45) is 10.7 Å². The Morgan fingerprint density at radius 1 is 0.480 bits per heavy atom. The third kappa shape index (κ3) is 8.98. The molecule has 75 heavy (non-hydrogen) atoms. The fourth-order valence-electron chi connectivity index (χ4n) is 10.2. The molecule has 8 aromatic carbocycles. The minimum atomic E-state index is 0.484. The van der Waals surface area contributed by atoms with Gasteiger partial charge in [-0.05, 0) is 108 Å². The van der Waals surface area contributed by atoms with Crippen molar-refractivity contribution < 1.29 is 0 Å². The first-order valence-corrected chi connectivity index (χ1v) is 25.4. The van der Waals surface area contributed by atoms with Crippen LogP contribution in [0.15, 0.2) is 267 Å².